The number of amides is 1. The van der Waals surface area contributed by atoms with Crippen LogP contribution in [0.15, 0.2) is 59.5 Å². The van der Waals surface area contributed by atoms with E-state index < -0.39 is 0 Å². The van der Waals surface area contributed by atoms with Gasteiger partial charge in [0.15, 0.2) is 5.65 Å². The number of likely N-dealkylation sites (tertiary alicyclic amines) is 1. The Hall–Kier alpha value is -3.61. The highest BCUT2D eigenvalue weighted by atomic mass is 16.5. The summed E-state index contributed by atoms with van der Waals surface area (Å²) in [5.74, 6) is 1.55. The molecule has 30 heavy (non-hydrogen) atoms. The second kappa shape index (κ2) is 7.33. The largest absolute Gasteiger partial charge is 0.496 e. The van der Waals surface area contributed by atoms with E-state index >= 15 is 0 Å². The Morgan fingerprint density at radius 2 is 2.17 bits per heavy atom. The average Bonchev–Trinajstić information content (AvgIpc) is 3.52. The average molecular weight is 402 g/mol. The molecule has 4 heterocycles. The first-order chi connectivity index (χ1) is 14.7. The molecule has 0 saturated carbocycles. The first-order valence-electron chi connectivity index (χ1n) is 9.95. The van der Waals surface area contributed by atoms with Gasteiger partial charge in [0.25, 0.3) is 5.91 Å². The highest BCUT2D eigenvalue weighted by Gasteiger charge is 2.31. The molecule has 4 aromatic rings. The normalized spacial score (nSPS) is 16.3. The van der Waals surface area contributed by atoms with Crippen LogP contribution in [0.2, 0.25) is 0 Å². The predicted octanol–water partition coefficient (Wildman–Crippen LogP) is 4.10. The number of benzene rings is 1. The van der Waals surface area contributed by atoms with Gasteiger partial charge in [-0.1, -0.05) is 6.07 Å². The Kier molecular flexibility index (Phi) is 4.50. The number of hydrogen-bond acceptors (Lipinski definition) is 5. The lowest BCUT2D eigenvalue weighted by atomic mass is 10.1. The quantitative estimate of drug-likeness (QED) is 0.514. The second-order valence-corrected chi connectivity index (χ2v) is 7.54. The molecule has 1 amide bonds. The van der Waals surface area contributed by atoms with Crippen LogP contribution >= 0.6 is 0 Å². The number of aryl methyl sites for hydroxylation is 1. The molecule has 1 aliphatic rings. The maximum Gasteiger partial charge on any atom is 0.254 e. The molecular weight excluding hydrogens is 380 g/mol. The number of furan rings is 1. The van der Waals surface area contributed by atoms with Gasteiger partial charge in [0, 0.05) is 24.8 Å². The Morgan fingerprint density at radius 1 is 1.27 bits per heavy atom. The van der Waals surface area contributed by atoms with E-state index in [4.69, 9.17) is 14.1 Å². The molecule has 1 fully saturated rings. The number of carbonyl (C=O) groups is 1. The number of ether oxygens (including phenoxy) is 1. The highest BCUT2D eigenvalue weighted by molar-refractivity contribution is 5.95. The first-order valence-corrected chi connectivity index (χ1v) is 9.95. The van der Waals surface area contributed by atoms with Crippen molar-refractivity contribution in [2.24, 2.45) is 0 Å². The Balaban J connectivity index is 1.47. The third kappa shape index (κ3) is 3.03. The molecule has 0 spiro atoms. The summed E-state index contributed by atoms with van der Waals surface area (Å²) in [6.45, 7) is 3.24. The summed E-state index contributed by atoms with van der Waals surface area (Å²) in [6, 6.07) is 11.4. The molecule has 0 aliphatic carbocycles. The number of aromatic nitrogens is 3. The van der Waals surface area contributed by atoms with Crippen molar-refractivity contribution >= 4 is 17.1 Å². The number of imidazole rings is 1. The second-order valence-electron chi connectivity index (χ2n) is 7.54. The van der Waals surface area contributed by atoms with Gasteiger partial charge in [-0.3, -0.25) is 4.79 Å². The molecular formula is C23H22N4O3. The zero-order valence-corrected chi connectivity index (χ0v) is 16.9. The smallest absolute Gasteiger partial charge is 0.254 e. The lowest BCUT2D eigenvalue weighted by Crippen LogP contribution is -2.29. The monoisotopic (exact) mass is 402 g/mol. The van der Waals surface area contributed by atoms with Crippen LogP contribution in [0.25, 0.3) is 22.6 Å². The Bertz CT molecular complexity index is 1210. The first kappa shape index (κ1) is 18.4. The minimum absolute atomic E-state index is 0.0121. The number of nitrogens with zero attached hydrogens (tertiary/aromatic N) is 4. The topological polar surface area (TPSA) is 73.4 Å². The van der Waals surface area contributed by atoms with E-state index in [-0.39, 0.29) is 11.9 Å². The van der Waals surface area contributed by atoms with Crippen LogP contribution in [-0.2, 0) is 0 Å². The van der Waals surface area contributed by atoms with Crippen LogP contribution in [0.5, 0.6) is 5.75 Å². The Morgan fingerprint density at radius 3 is 2.97 bits per heavy atom. The molecule has 0 bridgehead atoms. The van der Waals surface area contributed by atoms with Gasteiger partial charge in [-0.15, -0.1) is 0 Å². The summed E-state index contributed by atoms with van der Waals surface area (Å²) in [5.41, 5.74) is 4.21. The highest BCUT2D eigenvalue weighted by Crippen LogP contribution is 2.33. The summed E-state index contributed by atoms with van der Waals surface area (Å²) in [6.07, 6.45) is 5.94. The van der Waals surface area contributed by atoms with Gasteiger partial charge < -0.3 is 18.6 Å². The van der Waals surface area contributed by atoms with Crippen molar-refractivity contribution in [2.75, 3.05) is 20.2 Å². The van der Waals surface area contributed by atoms with Gasteiger partial charge in [0.2, 0.25) is 0 Å². The van der Waals surface area contributed by atoms with Crippen LogP contribution in [0.4, 0.5) is 0 Å². The van der Waals surface area contributed by atoms with Crippen molar-refractivity contribution < 1.29 is 13.9 Å². The summed E-state index contributed by atoms with van der Waals surface area (Å²) < 4.78 is 12.8. The van der Waals surface area contributed by atoms with Gasteiger partial charge in [0.05, 0.1) is 25.0 Å². The summed E-state index contributed by atoms with van der Waals surface area (Å²) >= 11 is 0. The molecule has 0 radical (unpaired) electrons. The summed E-state index contributed by atoms with van der Waals surface area (Å²) in [4.78, 5) is 24.4. The minimum Gasteiger partial charge on any atom is -0.496 e. The molecule has 7 heteroatoms. The number of methoxy groups -OCH3 is 1. The van der Waals surface area contributed by atoms with Gasteiger partial charge in [-0.25, -0.2) is 9.97 Å². The molecule has 0 unspecified atom stereocenters. The lowest BCUT2D eigenvalue weighted by Gasteiger charge is -2.19. The van der Waals surface area contributed by atoms with Crippen molar-refractivity contribution in [2.45, 2.75) is 19.4 Å². The van der Waals surface area contributed by atoms with Crippen LogP contribution in [-0.4, -0.2) is 45.5 Å². The number of rotatable bonds is 4. The molecule has 3 aromatic heterocycles. The summed E-state index contributed by atoms with van der Waals surface area (Å²) in [5, 5.41) is 0. The van der Waals surface area contributed by atoms with Gasteiger partial charge in [-0.05, 0) is 49.2 Å². The fourth-order valence-corrected chi connectivity index (χ4v) is 4.14. The van der Waals surface area contributed by atoms with Crippen LogP contribution in [0, 0.1) is 6.92 Å². The number of fused-ring (bicyclic) bond motifs is 1. The maximum absolute atomic E-state index is 13.1. The van der Waals surface area contributed by atoms with Crippen molar-refractivity contribution in [1.82, 2.24) is 19.4 Å². The van der Waals surface area contributed by atoms with E-state index in [1.54, 1.807) is 25.8 Å². The number of carbonyl (C=O) groups excluding carboxylic acids is 1. The van der Waals surface area contributed by atoms with E-state index in [1.807, 2.05) is 48.2 Å². The van der Waals surface area contributed by atoms with E-state index in [0.717, 1.165) is 40.3 Å². The van der Waals surface area contributed by atoms with Crippen molar-refractivity contribution in [3.8, 4) is 17.1 Å². The maximum atomic E-state index is 13.1. The molecule has 5 rings (SSSR count). The fourth-order valence-electron chi connectivity index (χ4n) is 4.14. The molecule has 1 saturated heterocycles. The van der Waals surface area contributed by atoms with E-state index in [0.29, 0.717) is 18.7 Å². The van der Waals surface area contributed by atoms with Crippen molar-refractivity contribution in [1.29, 1.82) is 0 Å². The van der Waals surface area contributed by atoms with Crippen LogP contribution < -0.4 is 4.74 Å². The van der Waals surface area contributed by atoms with E-state index in [9.17, 15) is 4.79 Å². The third-order valence-corrected chi connectivity index (χ3v) is 5.70. The van der Waals surface area contributed by atoms with Crippen molar-refractivity contribution in [3.05, 3.63) is 66.2 Å². The number of pyridine rings is 1. The van der Waals surface area contributed by atoms with E-state index in [1.165, 1.54) is 0 Å². The molecule has 0 N–H and O–H groups in total. The third-order valence-electron chi connectivity index (χ3n) is 5.70. The van der Waals surface area contributed by atoms with Gasteiger partial charge in [0.1, 0.15) is 23.4 Å². The molecule has 152 valence electrons. The van der Waals surface area contributed by atoms with Gasteiger partial charge >= 0.3 is 0 Å². The predicted molar refractivity (Wildman–Crippen MR) is 113 cm³/mol. The minimum atomic E-state index is 0.0121. The fraction of sp³-hybridized carbons (Fsp3) is 0.261. The van der Waals surface area contributed by atoms with Crippen LogP contribution in [0.1, 0.15) is 28.4 Å². The SMILES string of the molecule is COc1cc(C(=O)N2CC[C@@H](n3c(-c4ccoc4)nc4cccnc43)C2)ccc1C. The lowest BCUT2D eigenvalue weighted by molar-refractivity contribution is 0.0787. The van der Waals surface area contributed by atoms with Crippen molar-refractivity contribution in [3.63, 3.8) is 0 Å². The van der Waals surface area contributed by atoms with Gasteiger partial charge in [-0.2, -0.15) is 0 Å². The number of hydrogen-bond donors (Lipinski definition) is 0. The standard InChI is InChI=1S/C23H22N4O3/c1-15-5-6-16(12-20(15)29-2)23(28)26-10-7-18(13-26)27-21(17-8-11-30-14-17)25-19-4-3-9-24-22(19)27/h3-6,8-9,11-12,14,18H,7,10,13H2,1-2H3/t18-/m1/s1. The zero-order valence-electron chi connectivity index (χ0n) is 16.9. The van der Waals surface area contributed by atoms with Crippen LogP contribution in [0.3, 0.4) is 0 Å². The van der Waals surface area contributed by atoms with E-state index in [2.05, 4.69) is 9.55 Å². The molecule has 7 nitrogen and oxygen atoms in total. The molecule has 1 aliphatic heterocycles. The summed E-state index contributed by atoms with van der Waals surface area (Å²) in [7, 11) is 1.62. The molecule has 1 atom stereocenters. The zero-order chi connectivity index (χ0) is 20.7. The molecule has 1 aromatic carbocycles. The Labute approximate surface area is 173 Å².